The first-order chi connectivity index (χ1) is 8.43. The van der Waals surface area contributed by atoms with Gasteiger partial charge in [0, 0.05) is 0 Å². The van der Waals surface area contributed by atoms with E-state index in [0.29, 0.717) is 12.2 Å². The molecule has 18 heavy (non-hydrogen) atoms. The first-order valence-corrected chi connectivity index (χ1v) is 6.92. The Morgan fingerprint density at radius 1 is 1.44 bits per heavy atom. The van der Waals surface area contributed by atoms with Crippen molar-refractivity contribution in [1.82, 2.24) is 5.32 Å². The van der Waals surface area contributed by atoms with Crippen molar-refractivity contribution < 1.29 is 19.5 Å². The summed E-state index contributed by atoms with van der Waals surface area (Å²) in [5.41, 5.74) is 0. The van der Waals surface area contributed by atoms with Crippen LogP contribution >= 0.6 is 11.8 Å². The number of nitrogens with one attached hydrogen (secondary N) is 1. The summed E-state index contributed by atoms with van der Waals surface area (Å²) in [5.74, 6) is -1.21. The summed E-state index contributed by atoms with van der Waals surface area (Å²) in [6.07, 6.45) is 3.53. The third-order valence-corrected chi connectivity index (χ3v) is 2.96. The zero-order valence-electron chi connectivity index (χ0n) is 10.7. The molecule has 0 radical (unpaired) electrons. The van der Waals surface area contributed by atoms with Gasteiger partial charge in [-0.15, -0.1) is 0 Å². The molecule has 0 aliphatic heterocycles. The van der Waals surface area contributed by atoms with Crippen LogP contribution in [0.4, 0.5) is 0 Å². The van der Waals surface area contributed by atoms with Gasteiger partial charge in [-0.3, -0.25) is 4.79 Å². The summed E-state index contributed by atoms with van der Waals surface area (Å²) in [6, 6.07) is -1.84. The average Bonchev–Trinajstić information content (AvgIpc) is 2.30. The number of carbonyl (C=O) groups excluding carboxylic acids is 2. The number of hydrogen-bond donors (Lipinski definition) is 2. The normalized spacial score (nSPS) is 13.6. The van der Waals surface area contributed by atoms with Crippen LogP contribution in [0.3, 0.4) is 0 Å². The fourth-order valence-electron chi connectivity index (χ4n) is 1.32. The number of rotatable bonds is 8. The van der Waals surface area contributed by atoms with Crippen LogP contribution in [0.5, 0.6) is 0 Å². The molecule has 6 nitrogen and oxygen atoms in total. The Bertz CT molecular complexity index is 340. The van der Waals surface area contributed by atoms with Crippen LogP contribution in [0.25, 0.3) is 0 Å². The standard InChI is InChI=1S/C11H18N2O4S/c1-7(2)9(12-6-14)10(15)13-8(11(16)17)4-5-18-3/h7-9H,4-5H2,1-3H3,(H,13,15)(H,16,17). The van der Waals surface area contributed by atoms with Crippen molar-refractivity contribution in [3.63, 3.8) is 0 Å². The molecule has 0 spiro atoms. The number of isocyanates is 1. The van der Waals surface area contributed by atoms with Crippen molar-refractivity contribution in [3.05, 3.63) is 0 Å². The topological polar surface area (TPSA) is 95.8 Å². The van der Waals surface area contributed by atoms with Crippen LogP contribution in [0, 0.1) is 5.92 Å². The number of aliphatic carboxylic acids is 1. The second-order valence-corrected chi connectivity index (χ2v) is 5.08. The van der Waals surface area contributed by atoms with Crippen molar-refractivity contribution >= 4 is 29.7 Å². The first-order valence-electron chi connectivity index (χ1n) is 5.53. The molecule has 2 atom stereocenters. The fraction of sp³-hybridized carbons (Fsp3) is 0.727. The molecule has 2 N–H and O–H groups in total. The highest BCUT2D eigenvalue weighted by molar-refractivity contribution is 7.98. The molecule has 0 fully saturated rings. The van der Waals surface area contributed by atoms with E-state index in [1.165, 1.54) is 17.8 Å². The summed E-state index contributed by atoms with van der Waals surface area (Å²) in [6.45, 7) is 3.45. The lowest BCUT2D eigenvalue weighted by atomic mass is 10.0. The molecule has 0 saturated heterocycles. The first kappa shape index (κ1) is 16.7. The maximum Gasteiger partial charge on any atom is 0.326 e. The summed E-state index contributed by atoms with van der Waals surface area (Å²) >= 11 is 1.50. The van der Waals surface area contributed by atoms with E-state index in [4.69, 9.17) is 5.11 Å². The third-order valence-electron chi connectivity index (χ3n) is 2.32. The molecular weight excluding hydrogens is 256 g/mol. The number of aliphatic imine (C=N–C) groups is 1. The fourth-order valence-corrected chi connectivity index (χ4v) is 1.79. The van der Waals surface area contributed by atoms with Crippen LogP contribution < -0.4 is 5.32 Å². The van der Waals surface area contributed by atoms with Crippen molar-refractivity contribution in [2.45, 2.75) is 32.4 Å². The van der Waals surface area contributed by atoms with Gasteiger partial charge in [-0.1, -0.05) is 13.8 Å². The minimum atomic E-state index is -1.09. The molecule has 0 saturated carbocycles. The smallest absolute Gasteiger partial charge is 0.326 e. The number of carboxylic acids is 1. The lowest BCUT2D eigenvalue weighted by Gasteiger charge is -2.18. The van der Waals surface area contributed by atoms with Gasteiger partial charge in [0.2, 0.25) is 12.0 Å². The van der Waals surface area contributed by atoms with Crippen LogP contribution in [-0.4, -0.2) is 47.2 Å². The van der Waals surface area contributed by atoms with E-state index in [2.05, 4.69) is 10.3 Å². The number of carboxylic acid groups (broad SMARTS) is 1. The third kappa shape index (κ3) is 5.84. The second kappa shape index (κ2) is 8.72. The quantitative estimate of drug-likeness (QED) is 0.501. The van der Waals surface area contributed by atoms with Gasteiger partial charge >= 0.3 is 5.97 Å². The van der Waals surface area contributed by atoms with E-state index in [9.17, 15) is 14.4 Å². The lowest BCUT2D eigenvalue weighted by molar-refractivity contribution is -0.142. The predicted molar refractivity (Wildman–Crippen MR) is 69.3 cm³/mol. The molecule has 0 aliphatic carbocycles. The molecule has 0 aromatic rings. The van der Waals surface area contributed by atoms with Crippen molar-refractivity contribution in [1.29, 1.82) is 0 Å². The molecule has 0 bridgehead atoms. The minimum Gasteiger partial charge on any atom is -0.480 e. The van der Waals surface area contributed by atoms with E-state index in [0.717, 1.165) is 0 Å². The molecule has 0 aromatic heterocycles. The zero-order valence-corrected chi connectivity index (χ0v) is 11.5. The van der Waals surface area contributed by atoms with Crippen LogP contribution in [0.2, 0.25) is 0 Å². The number of nitrogens with zero attached hydrogens (tertiary/aromatic N) is 1. The molecule has 102 valence electrons. The van der Waals surface area contributed by atoms with Crippen LogP contribution in [-0.2, 0) is 14.4 Å². The molecule has 7 heteroatoms. The predicted octanol–water partition coefficient (Wildman–Crippen LogP) is 0.669. The Hall–Kier alpha value is -1.33. The summed E-state index contributed by atoms with van der Waals surface area (Å²) in [5, 5.41) is 11.4. The highest BCUT2D eigenvalue weighted by Gasteiger charge is 2.26. The summed E-state index contributed by atoms with van der Waals surface area (Å²) in [4.78, 5) is 36.4. The monoisotopic (exact) mass is 274 g/mol. The van der Waals surface area contributed by atoms with Gasteiger partial charge < -0.3 is 10.4 Å². The Morgan fingerprint density at radius 3 is 2.44 bits per heavy atom. The van der Waals surface area contributed by atoms with Crippen molar-refractivity contribution in [2.24, 2.45) is 10.9 Å². The largest absolute Gasteiger partial charge is 0.480 e. The van der Waals surface area contributed by atoms with E-state index in [1.807, 2.05) is 6.26 Å². The highest BCUT2D eigenvalue weighted by atomic mass is 32.2. The van der Waals surface area contributed by atoms with Crippen molar-refractivity contribution in [3.8, 4) is 0 Å². The number of hydrogen-bond acceptors (Lipinski definition) is 5. The number of thioether (sulfide) groups is 1. The Morgan fingerprint density at radius 2 is 2.06 bits per heavy atom. The van der Waals surface area contributed by atoms with Gasteiger partial charge in [0.05, 0.1) is 0 Å². The summed E-state index contributed by atoms with van der Waals surface area (Å²) < 4.78 is 0. The van der Waals surface area contributed by atoms with Crippen LogP contribution in [0.1, 0.15) is 20.3 Å². The molecule has 0 aliphatic rings. The molecule has 0 rings (SSSR count). The molecular formula is C11H18N2O4S. The lowest BCUT2D eigenvalue weighted by Crippen LogP contribution is -2.46. The van der Waals surface area contributed by atoms with E-state index in [1.54, 1.807) is 13.8 Å². The number of carbonyl (C=O) groups is 2. The van der Waals surface area contributed by atoms with E-state index >= 15 is 0 Å². The number of amides is 1. The minimum absolute atomic E-state index is 0.193. The SMILES string of the molecule is CSCCC(NC(=O)C(N=C=O)C(C)C)C(=O)O. The Kier molecular flexibility index (Phi) is 8.07. The maximum atomic E-state index is 11.8. The molecule has 0 aromatic carbocycles. The maximum absolute atomic E-state index is 11.8. The second-order valence-electron chi connectivity index (χ2n) is 4.09. The highest BCUT2D eigenvalue weighted by Crippen LogP contribution is 2.08. The van der Waals surface area contributed by atoms with Gasteiger partial charge in [0.15, 0.2) is 0 Å². The zero-order chi connectivity index (χ0) is 14.1. The Labute approximate surface area is 110 Å². The Balaban J connectivity index is 4.65. The average molecular weight is 274 g/mol. The molecule has 2 unspecified atom stereocenters. The molecule has 1 amide bonds. The van der Waals surface area contributed by atoms with Gasteiger partial charge in [0.25, 0.3) is 0 Å². The van der Waals surface area contributed by atoms with Crippen LogP contribution in [0.15, 0.2) is 4.99 Å². The molecule has 0 heterocycles. The van der Waals surface area contributed by atoms with E-state index < -0.39 is 24.0 Å². The van der Waals surface area contributed by atoms with E-state index in [-0.39, 0.29) is 5.92 Å². The van der Waals surface area contributed by atoms with Gasteiger partial charge in [0.1, 0.15) is 12.1 Å². The summed E-state index contributed by atoms with van der Waals surface area (Å²) in [7, 11) is 0. The van der Waals surface area contributed by atoms with Crippen molar-refractivity contribution in [2.75, 3.05) is 12.0 Å². The van der Waals surface area contributed by atoms with Gasteiger partial charge in [-0.2, -0.15) is 16.8 Å². The van der Waals surface area contributed by atoms with Gasteiger partial charge in [-0.25, -0.2) is 9.59 Å². The van der Waals surface area contributed by atoms with Gasteiger partial charge in [-0.05, 0) is 24.3 Å².